The maximum absolute atomic E-state index is 12.9. The molecule has 4 nitrogen and oxygen atoms in total. The molecule has 1 aromatic rings. The van der Waals surface area contributed by atoms with E-state index in [0.29, 0.717) is 13.1 Å². The summed E-state index contributed by atoms with van der Waals surface area (Å²) >= 11 is 0. The van der Waals surface area contributed by atoms with Gasteiger partial charge in [0.15, 0.2) is 5.69 Å². The summed E-state index contributed by atoms with van der Waals surface area (Å²) in [4.78, 5) is 16.0. The van der Waals surface area contributed by atoms with Crippen molar-refractivity contribution in [3.63, 3.8) is 0 Å². The molecule has 22 heavy (non-hydrogen) atoms. The van der Waals surface area contributed by atoms with Crippen molar-refractivity contribution in [2.75, 3.05) is 13.1 Å². The highest BCUT2D eigenvalue weighted by atomic mass is 19.4. The first-order valence-electron chi connectivity index (χ1n) is 7.22. The van der Waals surface area contributed by atoms with E-state index in [4.69, 9.17) is 4.74 Å². The molecular weight excluding hydrogens is 297 g/mol. The van der Waals surface area contributed by atoms with Gasteiger partial charge in [0.05, 0.1) is 0 Å². The van der Waals surface area contributed by atoms with Gasteiger partial charge in [-0.25, -0.2) is 4.98 Å². The zero-order valence-corrected chi connectivity index (χ0v) is 12.2. The molecule has 2 fully saturated rings. The minimum Gasteiger partial charge on any atom is -0.474 e. The lowest BCUT2D eigenvalue weighted by molar-refractivity contribution is -0.142. The third kappa shape index (κ3) is 2.76. The second-order valence-corrected chi connectivity index (χ2v) is 6.31. The summed E-state index contributed by atoms with van der Waals surface area (Å²) in [5.41, 5.74) is -0.722. The van der Waals surface area contributed by atoms with Gasteiger partial charge in [0.1, 0.15) is 6.10 Å². The van der Waals surface area contributed by atoms with Gasteiger partial charge in [-0.2, -0.15) is 13.2 Å². The molecule has 1 unspecified atom stereocenters. The van der Waals surface area contributed by atoms with Gasteiger partial charge in [0.25, 0.3) is 0 Å². The molecule has 0 bridgehead atoms. The van der Waals surface area contributed by atoms with Gasteiger partial charge in [-0.1, -0.05) is 6.07 Å². The quantitative estimate of drug-likeness (QED) is 0.806. The number of pyridine rings is 1. The molecule has 1 saturated carbocycles. The molecule has 3 rings (SSSR count). The van der Waals surface area contributed by atoms with Crippen LogP contribution in [0, 0.1) is 12.3 Å². The fraction of sp³-hybridized carbons (Fsp3) is 0.600. The van der Waals surface area contributed by atoms with E-state index in [1.54, 1.807) is 4.90 Å². The summed E-state index contributed by atoms with van der Waals surface area (Å²) in [6, 6.07) is 2.86. The monoisotopic (exact) mass is 314 g/mol. The number of amides is 1. The van der Waals surface area contributed by atoms with Crippen LogP contribution in [0.3, 0.4) is 0 Å². The molecule has 2 aliphatic rings. The molecule has 1 saturated heterocycles. The van der Waals surface area contributed by atoms with Crippen molar-refractivity contribution >= 4 is 6.41 Å². The Hall–Kier alpha value is -1.79. The molecule has 0 N–H and O–H groups in total. The molecule has 1 aromatic heterocycles. The summed E-state index contributed by atoms with van der Waals surface area (Å²) in [6.07, 6.45) is -1.31. The minimum atomic E-state index is -4.47. The van der Waals surface area contributed by atoms with Gasteiger partial charge in [-0.15, -0.1) is 0 Å². The number of halogens is 3. The number of likely N-dealkylation sites (tertiary alicyclic amines) is 1. The number of hydrogen-bond donors (Lipinski definition) is 0. The number of carbonyl (C=O) groups excluding carboxylic acids is 1. The van der Waals surface area contributed by atoms with Crippen LogP contribution in [0.1, 0.15) is 30.5 Å². The normalized spacial score (nSPS) is 23.5. The van der Waals surface area contributed by atoms with E-state index < -0.39 is 11.9 Å². The van der Waals surface area contributed by atoms with Crippen molar-refractivity contribution in [3.05, 3.63) is 23.4 Å². The zero-order valence-electron chi connectivity index (χ0n) is 12.2. The SMILES string of the molecule is Cc1ccc(OC2CCC3(C2)CN(C=O)C3)nc1C(F)(F)F. The van der Waals surface area contributed by atoms with E-state index in [-0.39, 0.29) is 23.0 Å². The minimum absolute atomic E-state index is 0.0199. The van der Waals surface area contributed by atoms with Crippen LogP contribution in [0.5, 0.6) is 5.88 Å². The van der Waals surface area contributed by atoms with E-state index in [0.717, 1.165) is 25.7 Å². The summed E-state index contributed by atoms with van der Waals surface area (Å²) in [6.45, 7) is 2.81. The van der Waals surface area contributed by atoms with Gasteiger partial charge in [0, 0.05) is 24.6 Å². The van der Waals surface area contributed by atoms with Gasteiger partial charge < -0.3 is 9.64 Å². The summed E-state index contributed by atoms with van der Waals surface area (Å²) < 4.78 is 44.2. The number of aromatic nitrogens is 1. The fourth-order valence-electron chi connectivity index (χ4n) is 3.47. The number of carbonyl (C=O) groups is 1. The average Bonchev–Trinajstić information content (AvgIpc) is 2.82. The Balaban J connectivity index is 1.66. The predicted molar refractivity (Wildman–Crippen MR) is 72.3 cm³/mol. The Morgan fingerprint density at radius 3 is 2.77 bits per heavy atom. The van der Waals surface area contributed by atoms with Crippen molar-refractivity contribution in [1.29, 1.82) is 0 Å². The molecule has 1 spiro atoms. The van der Waals surface area contributed by atoms with Gasteiger partial charge in [-0.3, -0.25) is 4.79 Å². The number of rotatable bonds is 3. The van der Waals surface area contributed by atoms with Crippen LogP contribution in [0.2, 0.25) is 0 Å². The first-order chi connectivity index (χ1) is 10.3. The molecule has 1 aliphatic heterocycles. The van der Waals surface area contributed by atoms with Crippen LogP contribution in [-0.2, 0) is 11.0 Å². The van der Waals surface area contributed by atoms with Crippen molar-refractivity contribution in [3.8, 4) is 5.88 Å². The first kappa shape index (κ1) is 15.1. The molecule has 0 radical (unpaired) electrons. The Labute approximate surface area is 126 Å². The van der Waals surface area contributed by atoms with Gasteiger partial charge in [-0.05, 0) is 31.7 Å². The largest absolute Gasteiger partial charge is 0.474 e. The molecule has 7 heteroatoms. The van der Waals surface area contributed by atoms with E-state index in [9.17, 15) is 18.0 Å². The molecule has 120 valence electrons. The van der Waals surface area contributed by atoms with Crippen LogP contribution in [0.15, 0.2) is 12.1 Å². The topological polar surface area (TPSA) is 42.4 Å². The highest BCUT2D eigenvalue weighted by Gasteiger charge is 2.48. The average molecular weight is 314 g/mol. The van der Waals surface area contributed by atoms with Crippen LogP contribution in [-0.4, -0.2) is 35.5 Å². The van der Waals surface area contributed by atoms with Gasteiger partial charge in [0.2, 0.25) is 12.3 Å². The maximum atomic E-state index is 12.9. The third-order valence-electron chi connectivity index (χ3n) is 4.51. The number of nitrogens with zero attached hydrogens (tertiary/aromatic N) is 2. The number of hydrogen-bond acceptors (Lipinski definition) is 3. The third-order valence-corrected chi connectivity index (χ3v) is 4.51. The standard InChI is InChI=1S/C15H17F3N2O2/c1-10-2-3-12(19-13(10)15(16,17)18)22-11-4-5-14(6-11)7-20(8-14)9-21/h2-3,9,11H,4-8H2,1H3. The van der Waals surface area contributed by atoms with Crippen molar-refractivity contribution < 1.29 is 22.7 Å². The van der Waals surface area contributed by atoms with Crippen LogP contribution >= 0.6 is 0 Å². The van der Waals surface area contributed by atoms with E-state index >= 15 is 0 Å². The van der Waals surface area contributed by atoms with Gasteiger partial charge >= 0.3 is 6.18 Å². The van der Waals surface area contributed by atoms with Crippen LogP contribution in [0.4, 0.5) is 13.2 Å². The molecule has 2 heterocycles. The van der Waals surface area contributed by atoms with E-state index in [2.05, 4.69) is 4.98 Å². The molecule has 1 aliphatic carbocycles. The summed E-state index contributed by atoms with van der Waals surface area (Å²) in [7, 11) is 0. The maximum Gasteiger partial charge on any atom is 0.433 e. The fourth-order valence-corrected chi connectivity index (χ4v) is 3.47. The van der Waals surface area contributed by atoms with E-state index in [1.165, 1.54) is 19.1 Å². The second-order valence-electron chi connectivity index (χ2n) is 6.31. The highest BCUT2D eigenvalue weighted by Crippen LogP contribution is 2.46. The highest BCUT2D eigenvalue weighted by molar-refractivity contribution is 5.49. The molecule has 0 aromatic carbocycles. The molecule has 1 amide bonds. The lowest BCUT2D eigenvalue weighted by Gasteiger charge is -2.46. The Bertz CT molecular complexity index is 583. The van der Waals surface area contributed by atoms with Crippen LogP contribution < -0.4 is 4.74 Å². The smallest absolute Gasteiger partial charge is 0.433 e. The lowest BCUT2D eigenvalue weighted by Crippen LogP contribution is -2.54. The number of alkyl halides is 3. The molecular formula is C15H17F3N2O2. The Morgan fingerprint density at radius 1 is 1.41 bits per heavy atom. The summed E-state index contributed by atoms with van der Waals surface area (Å²) in [5, 5.41) is 0. The summed E-state index contributed by atoms with van der Waals surface area (Å²) in [5.74, 6) is 0.0199. The van der Waals surface area contributed by atoms with Crippen molar-refractivity contribution in [1.82, 2.24) is 9.88 Å². The predicted octanol–water partition coefficient (Wildman–Crippen LogP) is 2.80. The number of ether oxygens (including phenoxy) is 1. The Morgan fingerprint density at radius 2 is 2.14 bits per heavy atom. The van der Waals surface area contributed by atoms with E-state index in [1.807, 2.05) is 0 Å². The Kier molecular flexibility index (Phi) is 3.53. The lowest BCUT2D eigenvalue weighted by atomic mass is 9.78. The van der Waals surface area contributed by atoms with Crippen molar-refractivity contribution in [2.45, 2.75) is 38.5 Å². The van der Waals surface area contributed by atoms with Crippen molar-refractivity contribution in [2.24, 2.45) is 5.41 Å². The first-order valence-corrected chi connectivity index (χ1v) is 7.22. The second kappa shape index (κ2) is 5.14. The zero-order chi connectivity index (χ0) is 16.0. The number of aryl methyl sites for hydroxylation is 1. The molecule has 1 atom stereocenters. The van der Waals surface area contributed by atoms with Crippen LogP contribution in [0.25, 0.3) is 0 Å².